The first-order chi connectivity index (χ1) is 14.5. The number of hydrogen-bond donors (Lipinski definition) is 2. The molecule has 30 heavy (non-hydrogen) atoms. The number of benzene rings is 2. The van der Waals surface area contributed by atoms with Gasteiger partial charge in [0.2, 0.25) is 0 Å². The van der Waals surface area contributed by atoms with Gasteiger partial charge in [-0.05, 0) is 36.8 Å². The van der Waals surface area contributed by atoms with Crippen LogP contribution in [0.25, 0.3) is 11.0 Å². The molecule has 0 spiro atoms. The van der Waals surface area contributed by atoms with E-state index in [2.05, 4.69) is 10.5 Å². The number of rotatable bonds is 3. The number of carbonyl (C=O) groups excluding carboxylic acids is 1. The van der Waals surface area contributed by atoms with Crippen LogP contribution >= 0.6 is 0 Å². The molecule has 1 amide bonds. The molecule has 8 heteroatoms. The first-order valence-electron chi connectivity index (χ1n) is 9.27. The molecule has 2 N–H and O–H groups in total. The van der Waals surface area contributed by atoms with Gasteiger partial charge < -0.3 is 24.1 Å². The van der Waals surface area contributed by atoms with Crippen LogP contribution in [0.1, 0.15) is 22.8 Å². The maximum absolute atomic E-state index is 13.1. The lowest BCUT2D eigenvalue weighted by molar-refractivity contribution is -0.122. The van der Waals surface area contributed by atoms with Crippen molar-refractivity contribution in [1.29, 1.82) is 0 Å². The molecule has 0 radical (unpaired) electrons. The molecule has 2 aromatic heterocycles. The van der Waals surface area contributed by atoms with Gasteiger partial charge in [0.15, 0.2) is 11.9 Å². The Hall–Kier alpha value is -4.07. The lowest BCUT2D eigenvalue weighted by Gasteiger charge is -2.18. The number of hydrogen-bond acceptors (Lipinski definition) is 7. The summed E-state index contributed by atoms with van der Waals surface area (Å²) in [5.41, 5.74) is 0.690. The average molecular weight is 404 g/mol. The number of nitrogens with zero attached hydrogens (tertiary/aromatic N) is 1. The van der Waals surface area contributed by atoms with E-state index in [1.165, 1.54) is 12.1 Å². The van der Waals surface area contributed by atoms with Gasteiger partial charge in [0.1, 0.15) is 22.8 Å². The summed E-state index contributed by atoms with van der Waals surface area (Å²) in [5.74, 6) is -0.0320. The number of aromatic hydroxyl groups is 1. The van der Waals surface area contributed by atoms with E-state index >= 15 is 0 Å². The fraction of sp³-hybridized carbons (Fsp3) is 0.136. The second-order valence-electron chi connectivity index (χ2n) is 7.05. The summed E-state index contributed by atoms with van der Waals surface area (Å²) in [5, 5.41) is 16.7. The Morgan fingerprint density at radius 1 is 1.13 bits per heavy atom. The van der Waals surface area contributed by atoms with E-state index in [1.807, 2.05) is 0 Å². The van der Waals surface area contributed by atoms with Crippen molar-refractivity contribution in [3.05, 3.63) is 81.9 Å². The van der Waals surface area contributed by atoms with E-state index in [0.29, 0.717) is 28.0 Å². The highest BCUT2D eigenvalue weighted by molar-refractivity contribution is 5.97. The highest BCUT2D eigenvalue weighted by Crippen LogP contribution is 2.44. The van der Waals surface area contributed by atoms with Gasteiger partial charge in [0, 0.05) is 6.07 Å². The van der Waals surface area contributed by atoms with Gasteiger partial charge in [0.05, 0.1) is 16.9 Å². The molecule has 4 aromatic rings. The van der Waals surface area contributed by atoms with Crippen LogP contribution in [-0.2, 0) is 4.79 Å². The maximum Gasteiger partial charge on any atom is 0.344 e. The van der Waals surface area contributed by atoms with Crippen molar-refractivity contribution in [2.75, 3.05) is 5.32 Å². The summed E-state index contributed by atoms with van der Waals surface area (Å²) in [6.45, 7) is 1.71. The zero-order valence-electron chi connectivity index (χ0n) is 15.8. The number of carbonyl (C=O) groups is 1. The highest BCUT2D eigenvalue weighted by Gasteiger charge is 2.44. The minimum atomic E-state index is -1.05. The van der Waals surface area contributed by atoms with Crippen molar-refractivity contribution in [3.8, 4) is 11.5 Å². The quantitative estimate of drug-likeness (QED) is 0.503. The van der Waals surface area contributed by atoms with Crippen LogP contribution in [0.5, 0.6) is 11.5 Å². The molecule has 0 unspecified atom stereocenters. The number of fused-ring (bicyclic) bond motifs is 3. The lowest BCUT2D eigenvalue weighted by Crippen LogP contribution is -2.35. The Kier molecular flexibility index (Phi) is 4.06. The molecule has 0 saturated heterocycles. The summed E-state index contributed by atoms with van der Waals surface area (Å²) in [4.78, 5) is 25.9. The topological polar surface area (TPSA) is 115 Å². The molecule has 0 saturated carbocycles. The van der Waals surface area contributed by atoms with Gasteiger partial charge in [-0.15, -0.1) is 0 Å². The van der Waals surface area contributed by atoms with E-state index in [9.17, 15) is 14.7 Å². The third-order valence-corrected chi connectivity index (χ3v) is 5.05. The number of aromatic nitrogens is 1. The van der Waals surface area contributed by atoms with Crippen LogP contribution in [-0.4, -0.2) is 22.3 Å². The summed E-state index contributed by atoms with van der Waals surface area (Å²) in [7, 11) is 0. The van der Waals surface area contributed by atoms with E-state index in [0.717, 1.165) is 0 Å². The molecule has 3 heterocycles. The van der Waals surface area contributed by atoms with Gasteiger partial charge >= 0.3 is 5.63 Å². The molecule has 8 nitrogen and oxygen atoms in total. The second-order valence-corrected chi connectivity index (χ2v) is 7.05. The van der Waals surface area contributed by atoms with Crippen molar-refractivity contribution < 1.29 is 23.6 Å². The monoisotopic (exact) mass is 404 g/mol. The number of ether oxygens (including phenoxy) is 1. The van der Waals surface area contributed by atoms with Gasteiger partial charge in [-0.1, -0.05) is 29.4 Å². The molecular weight excluding hydrogens is 388 g/mol. The third kappa shape index (κ3) is 2.89. The minimum absolute atomic E-state index is 0.0718. The standard InChI is InChI=1S/C22H16N2O6/c1-11-10-16(24-30-11)23-21(26)20-17(12-6-8-13(25)9-7-12)18-19(29-20)14-4-2-3-5-15(14)28-22(18)27/h2-10,17,20,25H,1H3,(H,23,24,26)/t17-,20-/m1/s1. The van der Waals surface area contributed by atoms with Crippen LogP contribution in [0.4, 0.5) is 5.82 Å². The lowest BCUT2D eigenvalue weighted by atomic mass is 9.88. The van der Waals surface area contributed by atoms with Crippen LogP contribution in [0.2, 0.25) is 0 Å². The molecule has 2 atom stereocenters. The van der Waals surface area contributed by atoms with Crippen LogP contribution < -0.4 is 15.7 Å². The fourth-order valence-electron chi connectivity index (χ4n) is 3.73. The smallest absolute Gasteiger partial charge is 0.344 e. The summed E-state index contributed by atoms with van der Waals surface area (Å²) < 4.78 is 16.5. The number of anilines is 1. The number of phenolic OH excluding ortho intramolecular Hbond substituents is 1. The molecule has 150 valence electrons. The van der Waals surface area contributed by atoms with Crippen molar-refractivity contribution in [1.82, 2.24) is 5.16 Å². The Labute approximate surface area is 169 Å². The van der Waals surface area contributed by atoms with E-state index in [-0.39, 0.29) is 17.1 Å². The molecule has 1 aliphatic rings. The largest absolute Gasteiger partial charge is 0.508 e. The van der Waals surface area contributed by atoms with Gasteiger partial charge in [-0.2, -0.15) is 0 Å². The number of aryl methyl sites for hydroxylation is 1. The number of nitrogens with one attached hydrogen (secondary N) is 1. The normalized spacial score (nSPS) is 17.5. The zero-order chi connectivity index (χ0) is 20.8. The van der Waals surface area contributed by atoms with Crippen molar-refractivity contribution in [3.63, 3.8) is 0 Å². The Bertz CT molecular complexity index is 1320. The molecule has 5 rings (SSSR count). The van der Waals surface area contributed by atoms with Gasteiger partial charge in [-0.3, -0.25) is 4.79 Å². The zero-order valence-corrected chi connectivity index (χ0v) is 15.8. The van der Waals surface area contributed by atoms with E-state index in [1.54, 1.807) is 49.4 Å². The SMILES string of the molecule is Cc1cc(NC(=O)[C@@H]2Oc3c(c(=O)oc4ccccc34)[C@H]2c2ccc(O)cc2)no1. The van der Waals surface area contributed by atoms with Gasteiger partial charge in [0.25, 0.3) is 5.91 Å². The molecule has 0 bridgehead atoms. The maximum atomic E-state index is 13.1. The van der Waals surface area contributed by atoms with Crippen LogP contribution in [0, 0.1) is 6.92 Å². The molecule has 0 fully saturated rings. The Balaban J connectivity index is 1.64. The second kappa shape index (κ2) is 6.77. The summed E-state index contributed by atoms with van der Waals surface area (Å²) in [6.07, 6.45) is -1.05. The number of para-hydroxylation sites is 1. The average Bonchev–Trinajstić information content (AvgIpc) is 3.33. The van der Waals surface area contributed by atoms with E-state index in [4.69, 9.17) is 13.7 Å². The number of phenols is 1. The van der Waals surface area contributed by atoms with E-state index < -0.39 is 23.6 Å². The predicted octanol–water partition coefficient (Wildman–Crippen LogP) is 3.33. The predicted molar refractivity (Wildman–Crippen MR) is 107 cm³/mol. The van der Waals surface area contributed by atoms with Crippen LogP contribution in [0.15, 0.2) is 68.3 Å². The summed E-state index contributed by atoms with van der Waals surface area (Å²) in [6, 6.07) is 14.8. The third-order valence-electron chi connectivity index (χ3n) is 5.05. The summed E-state index contributed by atoms with van der Waals surface area (Å²) >= 11 is 0. The Morgan fingerprint density at radius 2 is 1.90 bits per heavy atom. The Morgan fingerprint density at radius 3 is 2.63 bits per heavy atom. The molecule has 1 aliphatic heterocycles. The molecule has 2 aromatic carbocycles. The molecule has 0 aliphatic carbocycles. The van der Waals surface area contributed by atoms with Gasteiger partial charge in [-0.25, -0.2) is 4.79 Å². The fourth-order valence-corrected chi connectivity index (χ4v) is 3.73. The minimum Gasteiger partial charge on any atom is -0.508 e. The number of amides is 1. The van der Waals surface area contributed by atoms with Crippen molar-refractivity contribution in [2.24, 2.45) is 0 Å². The molecular formula is C22H16N2O6. The first kappa shape index (κ1) is 18.0. The first-order valence-corrected chi connectivity index (χ1v) is 9.27. The van der Waals surface area contributed by atoms with Crippen molar-refractivity contribution in [2.45, 2.75) is 18.9 Å². The van der Waals surface area contributed by atoms with Crippen molar-refractivity contribution >= 4 is 22.7 Å². The highest BCUT2D eigenvalue weighted by atomic mass is 16.5. The van der Waals surface area contributed by atoms with Crippen LogP contribution in [0.3, 0.4) is 0 Å².